The second-order valence-electron chi connectivity index (χ2n) is 10.5. The van der Waals surface area contributed by atoms with Crippen molar-refractivity contribution in [2.45, 2.75) is 13.1 Å². The standard InChI is InChI=1S/C25H15NO.C14H15N/c26-14-15-6-5-11-23-25(15)22-12-20-18-9-3-1-7-16(18)17-8-2-4-10-19(17)21(20)13-24(22)27-23;1-3-7-13(8-4-1)11-15-12-14-9-5-2-6-10-14/h1-14,26H;1-10,15H,11-12H2. The topological polar surface area (TPSA) is 49.0 Å². The molecule has 0 radical (unpaired) electrons. The molecule has 0 spiro atoms. The second-order valence-corrected chi connectivity index (χ2v) is 10.5. The Morgan fingerprint density at radius 2 is 0.976 bits per heavy atom. The Kier molecular flexibility index (Phi) is 6.93. The molecule has 0 saturated heterocycles. The van der Waals surface area contributed by atoms with E-state index in [1.807, 2.05) is 30.3 Å². The highest BCUT2D eigenvalue weighted by atomic mass is 16.3. The van der Waals surface area contributed by atoms with Crippen molar-refractivity contribution in [1.29, 1.82) is 5.41 Å². The van der Waals surface area contributed by atoms with Gasteiger partial charge in [0.1, 0.15) is 11.2 Å². The van der Waals surface area contributed by atoms with Gasteiger partial charge in [0.2, 0.25) is 0 Å². The van der Waals surface area contributed by atoms with Gasteiger partial charge in [0.25, 0.3) is 0 Å². The fraction of sp³-hybridized carbons (Fsp3) is 0.0513. The molecular weight excluding hydrogens is 512 g/mol. The number of nitrogens with one attached hydrogen (secondary N) is 2. The van der Waals surface area contributed by atoms with Gasteiger partial charge in [0.05, 0.1) is 0 Å². The van der Waals surface area contributed by atoms with Crippen molar-refractivity contribution in [1.82, 2.24) is 5.32 Å². The molecule has 202 valence electrons. The number of benzene rings is 7. The molecular formula is C39H30N2O. The lowest BCUT2D eigenvalue weighted by molar-refractivity contribution is 0.669. The van der Waals surface area contributed by atoms with Crippen molar-refractivity contribution >= 4 is 60.5 Å². The molecule has 8 rings (SSSR count). The Hall–Kier alpha value is -5.25. The van der Waals surface area contributed by atoms with Crippen LogP contribution < -0.4 is 5.32 Å². The van der Waals surface area contributed by atoms with Crippen molar-refractivity contribution in [3.05, 3.63) is 156 Å². The summed E-state index contributed by atoms with van der Waals surface area (Å²) >= 11 is 0. The van der Waals surface area contributed by atoms with Crippen LogP contribution in [0.2, 0.25) is 0 Å². The van der Waals surface area contributed by atoms with Gasteiger partial charge in [-0.15, -0.1) is 0 Å². The van der Waals surface area contributed by atoms with E-state index in [4.69, 9.17) is 9.83 Å². The van der Waals surface area contributed by atoms with Crippen LogP contribution in [0, 0.1) is 5.41 Å². The first kappa shape index (κ1) is 25.7. The average Bonchev–Trinajstić information content (AvgIpc) is 3.43. The monoisotopic (exact) mass is 542 g/mol. The first-order valence-electron chi connectivity index (χ1n) is 14.3. The van der Waals surface area contributed by atoms with E-state index in [1.54, 1.807) is 0 Å². The Bertz CT molecular complexity index is 2140. The molecule has 0 unspecified atom stereocenters. The van der Waals surface area contributed by atoms with Crippen LogP contribution in [-0.4, -0.2) is 6.21 Å². The number of rotatable bonds is 5. The van der Waals surface area contributed by atoms with Gasteiger partial charge < -0.3 is 15.1 Å². The predicted octanol–water partition coefficient (Wildman–Crippen LogP) is 10.0. The van der Waals surface area contributed by atoms with Crippen molar-refractivity contribution in [3.63, 3.8) is 0 Å². The third kappa shape index (κ3) is 4.81. The molecule has 42 heavy (non-hydrogen) atoms. The highest BCUT2D eigenvalue weighted by Crippen LogP contribution is 2.40. The van der Waals surface area contributed by atoms with Crippen molar-refractivity contribution in [2.24, 2.45) is 0 Å². The molecule has 1 aromatic heterocycles. The van der Waals surface area contributed by atoms with E-state index in [9.17, 15) is 0 Å². The van der Waals surface area contributed by atoms with Gasteiger partial charge in [-0.3, -0.25) is 0 Å². The zero-order valence-corrected chi connectivity index (χ0v) is 23.2. The SMILES string of the molecule is N=Cc1cccc2oc3cc4c5ccccc5c5ccccc5c4cc3c12.c1ccc(CNCc2ccccc2)cc1. The molecule has 0 atom stereocenters. The van der Waals surface area contributed by atoms with Crippen LogP contribution >= 0.6 is 0 Å². The molecule has 3 nitrogen and oxygen atoms in total. The zero-order valence-electron chi connectivity index (χ0n) is 23.2. The molecule has 7 aromatic carbocycles. The minimum Gasteiger partial charge on any atom is -0.456 e. The summed E-state index contributed by atoms with van der Waals surface area (Å²) in [6.45, 7) is 1.85. The Morgan fingerprint density at radius 3 is 1.52 bits per heavy atom. The largest absolute Gasteiger partial charge is 0.456 e. The van der Waals surface area contributed by atoms with Gasteiger partial charge in [-0.25, -0.2) is 0 Å². The number of furan rings is 1. The lowest BCUT2D eigenvalue weighted by Gasteiger charge is -2.10. The van der Waals surface area contributed by atoms with E-state index in [1.165, 1.54) is 49.7 Å². The van der Waals surface area contributed by atoms with Gasteiger partial charge in [-0.2, -0.15) is 0 Å². The minimum atomic E-state index is 0.829. The predicted molar refractivity (Wildman–Crippen MR) is 178 cm³/mol. The highest BCUT2D eigenvalue weighted by molar-refractivity contribution is 6.28. The van der Waals surface area contributed by atoms with Gasteiger partial charge in [-0.05, 0) is 61.6 Å². The Morgan fingerprint density at radius 1 is 0.476 bits per heavy atom. The summed E-state index contributed by atoms with van der Waals surface area (Å²) in [5.41, 5.74) is 5.24. The third-order valence-corrected chi connectivity index (χ3v) is 7.89. The maximum Gasteiger partial charge on any atom is 0.136 e. The normalized spacial score (nSPS) is 11.2. The first-order valence-corrected chi connectivity index (χ1v) is 14.3. The Balaban J connectivity index is 0.000000164. The lowest BCUT2D eigenvalue weighted by Crippen LogP contribution is -2.12. The van der Waals surface area contributed by atoms with Crippen LogP contribution in [0.1, 0.15) is 16.7 Å². The molecule has 3 heteroatoms. The van der Waals surface area contributed by atoms with Crippen molar-refractivity contribution in [3.8, 4) is 0 Å². The first-order chi connectivity index (χ1) is 20.8. The van der Waals surface area contributed by atoms with Crippen LogP contribution in [-0.2, 0) is 13.1 Å². The summed E-state index contributed by atoms with van der Waals surface area (Å²) in [5.74, 6) is 0. The summed E-state index contributed by atoms with van der Waals surface area (Å²) in [6, 6.07) is 48.3. The van der Waals surface area contributed by atoms with E-state index in [0.29, 0.717) is 0 Å². The minimum absolute atomic E-state index is 0.829. The van der Waals surface area contributed by atoms with E-state index < -0.39 is 0 Å². The molecule has 0 aliphatic heterocycles. The molecule has 2 N–H and O–H groups in total. The molecule has 0 aliphatic rings. The number of fused-ring (bicyclic) bond motifs is 9. The summed E-state index contributed by atoms with van der Waals surface area (Å²) in [6.07, 6.45) is 1.40. The van der Waals surface area contributed by atoms with E-state index in [0.717, 1.165) is 40.6 Å². The summed E-state index contributed by atoms with van der Waals surface area (Å²) in [7, 11) is 0. The molecule has 0 bridgehead atoms. The van der Waals surface area contributed by atoms with E-state index >= 15 is 0 Å². The quantitative estimate of drug-likeness (QED) is 0.168. The fourth-order valence-corrected chi connectivity index (χ4v) is 5.91. The Labute approximate surface area is 244 Å². The van der Waals surface area contributed by atoms with Gasteiger partial charge in [-0.1, -0.05) is 121 Å². The van der Waals surface area contributed by atoms with Gasteiger partial charge >= 0.3 is 0 Å². The summed E-state index contributed by atoms with van der Waals surface area (Å²) in [5, 5.41) is 20.7. The van der Waals surface area contributed by atoms with Crippen molar-refractivity contribution < 1.29 is 4.42 Å². The van der Waals surface area contributed by atoms with Crippen LogP contribution in [0.25, 0.3) is 54.3 Å². The molecule has 0 saturated carbocycles. The van der Waals surface area contributed by atoms with Crippen LogP contribution in [0.4, 0.5) is 0 Å². The molecule has 0 fully saturated rings. The van der Waals surface area contributed by atoms with E-state index in [-0.39, 0.29) is 0 Å². The maximum absolute atomic E-state index is 7.78. The summed E-state index contributed by atoms with van der Waals surface area (Å²) in [4.78, 5) is 0. The molecule has 0 amide bonds. The van der Waals surface area contributed by atoms with Crippen molar-refractivity contribution in [2.75, 3.05) is 0 Å². The lowest BCUT2D eigenvalue weighted by atomic mass is 9.93. The molecule has 1 heterocycles. The highest BCUT2D eigenvalue weighted by Gasteiger charge is 2.14. The number of hydrogen-bond donors (Lipinski definition) is 2. The average molecular weight is 543 g/mol. The zero-order chi connectivity index (χ0) is 28.3. The smallest absolute Gasteiger partial charge is 0.136 e. The molecule has 0 aliphatic carbocycles. The maximum atomic E-state index is 7.78. The van der Waals surface area contributed by atoms with Crippen LogP contribution in [0.15, 0.2) is 144 Å². The van der Waals surface area contributed by atoms with Crippen LogP contribution in [0.3, 0.4) is 0 Å². The number of hydrogen-bond acceptors (Lipinski definition) is 3. The van der Waals surface area contributed by atoms with Crippen LogP contribution in [0.5, 0.6) is 0 Å². The van der Waals surface area contributed by atoms with Gasteiger partial charge in [0.15, 0.2) is 0 Å². The third-order valence-electron chi connectivity index (χ3n) is 7.89. The van der Waals surface area contributed by atoms with E-state index in [2.05, 4.69) is 115 Å². The fourth-order valence-electron chi connectivity index (χ4n) is 5.91. The van der Waals surface area contributed by atoms with Gasteiger partial charge in [0, 0.05) is 35.6 Å². The summed E-state index contributed by atoms with van der Waals surface area (Å²) < 4.78 is 6.16. The second kappa shape index (κ2) is 11.3. The molecule has 8 aromatic rings.